The van der Waals surface area contributed by atoms with Gasteiger partial charge in [0.1, 0.15) is 5.82 Å². The number of carbonyl (C=O) groups is 1. The molecule has 1 amide bonds. The molecule has 0 N–H and O–H groups in total. The molecular formula is C25H31N3O4. The van der Waals surface area contributed by atoms with Crippen molar-refractivity contribution in [3.8, 4) is 22.9 Å². The highest BCUT2D eigenvalue weighted by Gasteiger charge is 2.26. The summed E-state index contributed by atoms with van der Waals surface area (Å²) in [7, 11) is 4.78. The van der Waals surface area contributed by atoms with Gasteiger partial charge in [0, 0.05) is 30.8 Å². The first-order chi connectivity index (χ1) is 15.4. The molecule has 0 aliphatic carbocycles. The summed E-state index contributed by atoms with van der Waals surface area (Å²) in [5.74, 6) is 3.61. The first-order valence-electron chi connectivity index (χ1n) is 10.9. The van der Waals surface area contributed by atoms with Crippen molar-refractivity contribution >= 4 is 16.9 Å². The quantitative estimate of drug-likeness (QED) is 0.589. The van der Waals surface area contributed by atoms with Gasteiger partial charge in [0.05, 0.1) is 38.1 Å². The number of piperidine rings is 1. The maximum atomic E-state index is 13.2. The number of methoxy groups -OCH3 is 3. The number of fused-ring (bicyclic) bond motifs is 1. The molecule has 1 aliphatic heterocycles. The van der Waals surface area contributed by atoms with Gasteiger partial charge in [-0.2, -0.15) is 0 Å². The molecule has 2 aromatic carbocycles. The number of aromatic nitrogens is 2. The molecule has 4 rings (SSSR count). The number of nitrogens with zero attached hydrogens (tertiary/aromatic N) is 3. The van der Waals surface area contributed by atoms with Crippen molar-refractivity contribution < 1.29 is 19.0 Å². The molecule has 0 saturated carbocycles. The summed E-state index contributed by atoms with van der Waals surface area (Å²) >= 11 is 0. The molecule has 1 saturated heterocycles. The zero-order valence-corrected chi connectivity index (χ0v) is 19.6. The topological polar surface area (TPSA) is 65.8 Å². The molecule has 0 bridgehead atoms. The van der Waals surface area contributed by atoms with E-state index in [1.165, 1.54) is 6.42 Å². The number of aryl methyl sites for hydroxylation is 1. The third-order valence-electron chi connectivity index (χ3n) is 6.13. The van der Waals surface area contributed by atoms with Gasteiger partial charge in [-0.3, -0.25) is 9.36 Å². The van der Waals surface area contributed by atoms with Crippen molar-refractivity contribution in [1.82, 2.24) is 14.5 Å². The van der Waals surface area contributed by atoms with Crippen molar-refractivity contribution in [3.63, 3.8) is 0 Å². The van der Waals surface area contributed by atoms with Crippen molar-refractivity contribution in [1.29, 1.82) is 0 Å². The fourth-order valence-corrected chi connectivity index (χ4v) is 4.87. The van der Waals surface area contributed by atoms with Crippen molar-refractivity contribution in [3.05, 3.63) is 41.7 Å². The van der Waals surface area contributed by atoms with Crippen LogP contribution in [0, 0.1) is 18.8 Å². The van der Waals surface area contributed by atoms with Gasteiger partial charge in [0.15, 0.2) is 11.5 Å². The standard InChI is InChI=1S/C25H31N3O4/c1-15-9-16(2)14-27(13-15)25(29)18-7-8-21-20(10-18)26-17(3)28(21)19-11-22(30-4)24(32-6)23(12-19)31-5/h7-8,10-12,15-16H,9,13-14H2,1-6H3. The number of hydrogen-bond donors (Lipinski definition) is 0. The Balaban J connectivity index is 1.75. The van der Waals surface area contributed by atoms with Crippen LogP contribution in [0.4, 0.5) is 0 Å². The van der Waals surface area contributed by atoms with Crippen molar-refractivity contribution in [2.45, 2.75) is 27.2 Å². The highest BCUT2D eigenvalue weighted by Crippen LogP contribution is 2.40. The lowest BCUT2D eigenvalue weighted by Crippen LogP contribution is -2.42. The van der Waals surface area contributed by atoms with E-state index < -0.39 is 0 Å². The smallest absolute Gasteiger partial charge is 0.253 e. The number of amides is 1. The van der Waals surface area contributed by atoms with E-state index >= 15 is 0 Å². The van der Waals surface area contributed by atoms with Gasteiger partial charge < -0.3 is 19.1 Å². The second-order valence-corrected chi connectivity index (χ2v) is 8.74. The van der Waals surface area contributed by atoms with Gasteiger partial charge in [-0.1, -0.05) is 13.8 Å². The summed E-state index contributed by atoms with van der Waals surface area (Å²) in [5.41, 5.74) is 3.21. The Kier molecular flexibility index (Phi) is 6.00. The van der Waals surface area contributed by atoms with E-state index in [1.54, 1.807) is 21.3 Å². The van der Waals surface area contributed by atoms with Gasteiger partial charge in [-0.15, -0.1) is 0 Å². The largest absolute Gasteiger partial charge is 0.493 e. The maximum absolute atomic E-state index is 13.2. The zero-order valence-electron chi connectivity index (χ0n) is 19.6. The summed E-state index contributed by atoms with van der Waals surface area (Å²) < 4.78 is 18.5. The SMILES string of the molecule is COc1cc(-n2c(C)nc3cc(C(=O)N4CC(C)CC(C)C4)ccc32)cc(OC)c1OC. The molecule has 1 aliphatic rings. The summed E-state index contributed by atoms with van der Waals surface area (Å²) in [6, 6.07) is 9.53. The molecular weight excluding hydrogens is 406 g/mol. The molecule has 3 aromatic rings. The molecule has 1 aromatic heterocycles. The molecule has 2 atom stereocenters. The van der Waals surface area contributed by atoms with E-state index in [2.05, 4.69) is 13.8 Å². The van der Waals surface area contributed by atoms with Gasteiger partial charge in [-0.25, -0.2) is 4.98 Å². The molecule has 2 unspecified atom stereocenters. The minimum Gasteiger partial charge on any atom is -0.493 e. The van der Waals surface area contributed by atoms with Crippen molar-refractivity contribution in [2.75, 3.05) is 34.4 Å². The highest BCUT2D eigenvalue weighted by molar-refractivity contribution is 5.97. The monoisotopic (exact) mass is 437 g/mol. The molecule has 1 fully saturated rings. The van der Waals surface area contributed by atoms with E-state index in [9.17, 15) is 4.79 Å². The zero-order chi connectivity index (χ0) is 23.0. The van der Waals surface area contributed by atoms with Crippen LogP contribution >= 0.6 is 0 Å². The Morgan fingerprint density at radius 3 is 2.16 bits per heavy atom. The fourth-order valence-electron chi connectivity index (χ4n) is 4.87. The molecule has 7 heteroatoms. The third-order valence-corrected chi connectivity index (χ3v) is 6.13. The summed E-state index contributed by atoms with van der Waals surface area (Å²) in [5, 5.41) is 0. The average Bonchev–Trinajstić information content (AvgIpc) is 3.11. The number of hydrogen-bond acceptors (Lipinski definition) is 5. The molecule has 0 spiro atoms. The van der Waals surface area contributed by atoms with E-state index in [0.29, 0.717) is 34.6 Å². The normalized spacial score (nSPS) is 18.6. The van der Waals surface area contributed by atoms with Crippen LogP contribution in [-0.2, 0) is 0 Å². The van der Waals surface area contributed by atoms with Crippen LogP contribution in [0.2, 0.25) is 0 Å². The van der Waals surface area contributed by atoms with Crippen LogP contribution in [0.25, 0.3) is 16.7 Å². The first-order valence-corrected chi connectivity index (χ1v) is 10.9. The number of benzene rings is 2. The molecule has 7 nitrogen and oxygen atoms in total. The number of carbonyl (C=O) groups excluding carboxylic acids is 1. The lowest BCUT2D eigenvalue weighted by molar-refractivity contribution is 0.0623. The lowest BCUT2D eigenvalue weighted by atomic mass is 9.91. The van der Waals surface area contributed by atoms with Crippen LogP contribution < -0.4 is 14.2 Å². The van der Waals surface area contributed by atoms with Crippen LogP contribution in [-0.4, -0.2) is 54.8 Å². The minimum atomic E-state index is 0.0743. The molecule has 170 valence electrons. The second kappa shape index (κ2) is 8.73. The maximum Gasteiger partial charge on any atom is 0.253 e. The van der Waals surface area contributed by atoms with Crippen LogP contribution in [0.15, 0.2) is 30.3 Å². The van der Waals surface area contributed by atoms with E-state index in [-0.39, 0.29) is 5.91 Å². The average molecular weight is 438 g/mol. The Hall–Kier alpha value is -3.22. The van der Waals surface area contributed by atoms with Crippen LogP contribution in [0.3, 0.4) is 0 Å². The summed E-state index contributed by atoms with van der Waals surface area (Å²) in [6.45, 7) is 7.97. The third kappa shape index (κ3) is 3.87. The predicted molar refractivity (Wildman–Crippen MR) is 124 cm³/mol. The number of imidazole rings is 1. The number of likely N-dealkylation sites (tertiary alicyclic amines) is 1. The van der Waals surface area contributed by atoms with E-state index in [0.717, 1.165) is 35.6 Å². The first kappa shape index (κ1) is 22.0. The molecule has 0 radical (unpaired) electrons. The Bertz CT molecular complexity index is 1120. The Morgan fingerprint density at radius 2 is 1.59 bits per heavy atom. The number of ether oxygens (including phenoxy) is 3. The second-order valence-electron chi connectivity index (χ2n) is 8.74. The van der Waals surface area contributed by atoms with E-state index in [1.807, 2.05) is 46.7 Å². The van der Waals surface area contributed by atoms with Crippen molar-refractivity contribution in [2.24, 2.45) is 11.8 Å². The Labute approximate surface area is 188 Å². The highest BCUT2D eigenvalue weighted by atomic mass is 16.5. The molecule has 2 heterocycles. The van der Waals surface area contributed by atoms with Gasteiger partial charge >= 0.3 is 0 Å². The fraction of sp³-hybridized carbons (Fsp3) is 0.440. The number of rotatable bonds is 5. The van der Waals surface area contributed by atoms with Gasteiger partial charge in [0.2, 0.25) is 5.75 Å². The minimum absolute atomic E-state index is 0.0743. The van der Waals surface area contributed by atoms with E-state index in [4.69, 9.17) is 19.2 Å². The van der Waals surface area contributed by atoms with Crippen LogP contribution in [0.5, 0.6) is 17.2 Å². The van der Waals surface area contributed by atoms with Gasteiger partial charge in [0.25, 0.3) is 5.91 Å². The van der Waals surface area contributed by atoms with Gasteiger partial charge in [-0.05, 0) is 43.4 Å². The summed E-state index contributed by atoms with van der Waals surface area (Å²) in [4.78, 5) is 19.9. The predicted octanol–water partition coefficient (Wildman–Crippen LogP) is 4.48. The Morgan fingerprint density at radius 1 is 0.969 bits per heavy atom. The molecule has 32 heavy (non-hydrogen) atoms. The van der Waals surface area contributed by atoms with Crippen LogP contribution in [0.1, 0.15) is 36.5 Å². The summed E-state index contributed by atoms with van der Waals surface area (Å²) in [6.07, 6.45) is 1.17. The lowest BCUT2D eigenvalue weighted by Gasteiger charge is -2.35.